The molecule has 0 atom stereocenters. The van der Waals surface area contributed by atoms with E-state index in [9.17, 15) is 8.78 Å². The number of nitrogens with two attached hydrogens (primary N) is 1. The maximum atomic E-state index is 12.7. The second-order valence-corrected chi connectivity index (χ2v) is 2.26. The van der Waals surface area contributed by atoms with Crippen LogP contribution in [0.1, 0.15) is 11.1 Å². The fraction of sp³-hybridized carbons (Fsp3) is 0.125. The van der Waals surface area contributed by atoms with Crippen molar-refractivity contribution in [3.63, 3.8) is 0 Å². The Bertz CT molecular complexity index is 342. The van der Waals surface area contributed by atoms with E-state index in [1.165, 1.54) is 6.07 Å². The third-order valence-corrected chi connectivity index (χ3v) is 1.44. The van der Waals surface area contributed by atoms with Crippen molar-refractivity contribution in [2.24, 2.45) is 5.73 Å². The van der Waals surface area contributed by atoms with Crippen LogP contribution in [0.3, 0.4) is 0 Å². The summed E-state index contributed by atoms with van der Waals surface area (Å²) in [4.78, 5) is 0. The highest BCUT2D eigenvalue weighted by Gasteiger charge is 2.08. The van der Waals surface area contributed by atoms with Gasteiger partial charge in [0.2, 0.25) is 0 Å². The molecule has 0 saturated carbocycles. The summed E-state index contributed by atoms with van der Waals surface area (Å²) >= 11 is 0. The van der Waals surface area contributed by atoms with Gasteiger partial charge in [0.05, 0.1) is 5.56 Å². The summed E-state index contributed by atoms with van der Waals surface area (Å²) in [5.41, 5.74) is 5.29. The normalized spacial score (nSPS) is 9.50. The van der Waals surface area contributed by atoms with Crippen molar-refractivity contribution in [2.75, 3.05) is 0 Å². The lowest BCUT2D eigenvalue weighted by atomic mass is 10.1. The van der Waals surface area contributed by atoms with E-state index in [2.05, 4.69) is 0 Å². The molecule has 0 aliphatic carbocycles. The van der Waals surface area contributed by atoms with E-state index >= 15 is 0 Å². The van der Waals surface area contributed by atoms with Crippen LogP contribution >= 0.6 is 0 Å². The number of nitriles is 1. The van der Waals surface area contributed by atoms with Gasteiger partial charge in [-0.2, -0.15) is 5.26 Å². The molecule has 0 spiro atoms. The summed E-state index contributed by atoms with van der Waals surface area (Å²) in [6.45, 7) is 0.0892. The molecule has 0 saturated heterocycles. The van der Waals surface area contributed by atoms with E-state index in [0.717, 1.165) is 6.07 Å². The van der Waals surface area contributed by atoms with Gasteiger partial charge in [0.1, 0.15) is 6.07 Å². The summed E-state index contributed by atoms with van der Waals surface area (Å²) in [6, 6.07) is 3.76. The number of rotatable bonds is 1. The van der Waals surface area contributed by atoms with Gasteiger partial charge in [-0.15, -0.1) is 0 Å². The molecule has 4 heteroatoms. The maximum absolute atomic E-state index is 12.7. The van der Waals surface area contributed by atoms with Crippen LogP contribution in [0.5, 0.6) is 0 Å². The lowest BCUT2D eigenvalue weighted by Crippen LogP contribution is -2.00. The molecule has 62 valence electrons. The Labute approximate surface area is 68.2 Å². The Hall–Kier alpha value is -1.47. The molecule has 2 nitrogen and oxygen atoms in total. The average molecular weight is 168 g/mol. The van der Waals surface area contributed by atoms with E-state index in [1.807, 2.05) is 0 Å². The maximum Gasteiger partial charge on any atom is 0.176 e. The molecule has 0 amide bonds. The SMILES string of the molecule is N#Cc1cc(CN)cc(F)c1F. The molecule has 0 aliphatic rings. The first-order valence-corrected chi connectivity index (χ1v) is 3.27. The molecular weight excluding hydrogens is 162 g/mol. The smallest absolute Gasteiger partial charge is 0.176 e. The molecule has 0 aromatic heterocycles. The first-order chi connectivity index (χ1) is 5.69. The van der Waals surface area contributed by atoms with Crippen molar-refractivity contribution < 1.29 is 8.78 Å². The highest BCUT2D eigenvalue weighted by molar-refractivity contribution is 5.35. The molecule has 0 bridgehead atoms. The van der Waals surface area contributed by atoms with Gasteiger partial charge >= 0.3 is 0 Å². The molecule has 0 fully saturated rings. The molecule has 2 N–H and O–H groups in total. The second kappa shape index (κ2) is 3.28. The van der Waals surface area contributed by atoms with Crippen LogP contribution in [0.2, 0.25) is 0 Å². The van der Waals surface area contributed by atoms with Gasteiger partial charge in [-0.3, -0.25) is 0 Å². The molecule has 0 radical (unpaired) electrons. The third kappa shape index (κ3) is 1.41. The molecule has 0 aliphatic heterocycles. The number of hydrogen-bond donors (Lipinski definition) is 1. The standard InChI is InChI=1S/C8H6F2N2/c9-7-2-5(3-11)1-6(4-12)8(7)10/h1-2H,3,11H2. The molecule has 1 aromatic carbocycles. The lowest BCUT2D eigenvalue weighted by Gasteiger charge is -1.99. The highest BCUT2D eigenvalue weighted by atomic mass is 19.2. The summed E-state index contributed by atoms with van der Waals surface area (Å²) in [5, 5.41) is 8.37. The molecule has 12 heavy (non-hydrogen) atoms. The van der Waals surface area contributed by atoms with E-state index in [-0.39, 0.29) is 12.1 Å². The van der Waals surface area contributed by atoms with Crippen molar-refractivity contribution in [3.8, 4) is 6.07 Å². The molecule has 1 aromatic rings. The minimum Gasteiger partial charge on any atom is -0.326 e. The molecule has 0 unspecified atom stereocenters. The summed E-state index contributed by atoms with van der Waals surface area (Å²) < 4.78 is 25.3. The third-order valence-electron chi connectivity index (χ3n) is 1.44. The first-order valence-electron chi connectivity index (χ1n) is 3.27. The van der Waals surface area contributed by atoms with Gasteiger partial charge in [-0.05, 0) is 17.7 Å². The van der Waals surface area contributed by atoms with E-state index in [4.69, 9.17) is 11.0 Å². The van der Waals surface area contributed by atoms with E-state index in [1.54, 1.807) is 6.07 Å². The van der Waals surface area contributed by atoms with Gasteiger partial charge in [-0.25, -0.2) is 8.78 Å². The summed E-state index contributed by atoms with van der Waals surface area (Å²) in [6.07, 6.45) is 0. The predicted molar refractivity (Wildman–Crippen MR) is 39.0 cm³/mol. The zero-order valence-electron chi connectivity index (χ0n) is 6.14. The van der Waals surface area contributed by atoms with Crippen LogP contribution in [0.15, 0.2) is 12.1 Å². The fourth-order valence-corrected chi connectivity index (χ4v) is 0.844. The van der Waals surface area contributed by atoms with Crippen LogP contribution in [-0.4, -0.2) is 0 Å². The number of hydrogen-bond acceptors (Lipinski definition) is 2. The van der Waals surface area contributed by atoms with Crippen molar-refractivity contribution >= 4 is 0 Å². The summed E-state index contributed by atoms with van der Waals surface area (Å²) in [7, 11) is 0. The fourth-order valence-electron chi connectivity index (χ4n) is 0.844. The van der Waals surface area contributed by atoms with Gasteiger partial charge in [0, 0.05) is 6.54 Å². The van der Waals surface area contributed by atoms with E-state index < -0.39 is 11.6 Å². The zero-order valence-corrected chi connectivity index (χ0v) is 6.14. The topological polar surface area (TPSA) is 49.8 Å². The van der Waals surface area contributed by atoms with Gasteiger partial charge < -0.3 is 5.73 Å². The van der Waals surface area contributed by atoms with Crippen LogP contribution in [0, 0.1) is 23.0 Å². The monoisotopic (exact) mass is 168 g/mol. The van der Waals surface area contributed by atoms with Gasteiger partial charge in [0.15, 0.2) is 11.6 Å². The second-order valence-electron chi connectivity index (χ2n) is 2.26. The quantitative estimate of drug-likeness (QED) is 0.686. The highest BCUT2D eigenvalue weighted by Crippen LogP contribution is 2.13. The van der Waals surface area contributed by atoms with Crippen LogP contribution in [0.4, 0.5) is 8.78 Å². The number of halogens is 2. The molecule has 0 heterocycles. The van der Waals surface area contributed by atoms with Crippen molar-refractivity contribution in [3.05, 3.63) is 34.9 Å². The summed E-state index contributed by atoms with van der Waals surface area (Å²) in [5.74, 6) is -2.15. The lowest BCUT2D eigenvalue weighted by molar-refractivity contribution is 0.505. The Morgan fingerprint density at radius 2 is 2.08 bits per heavy atom. The van der Waals surface area contributed by atoms with E-state index in [0.29, 0.717) is 5.56 Å². The first kappa shape index (κ1) is 8.62. The van der Waals surface area contributed by atoms with Crippen LogP contribution < -0.4 is 5.73 Å². The van der Waals surface area contributed by atoms with Crippen LogP contribution in [0.25, 0.3) is 0 Å². The zero-order chi connectivity index (χ0) is 9.14. The Morgan fingerprint density at radius 1 is 1.42 bits per heavy atom. The predicted octanol–water partition coefficient (Wildman–Crippen LogP) is 1.30. The Morgan fingerprint density at radius 3 is 2.58 bits per heavy atom. The Kier molecular flexibility index (Phi) is 2.36. The van der Waals surface area contributed by atoms with Crippen molar-refractivity contribution in [2.45, 2.75) is 6.54 Å². The largest absolute Gasteiger partial charge is 0.326 e. The minimum atomic E-state index is -1.12. The van der Waals surface area contributed by atoms with Crippen molar-refractivity contribution in [1.82, 2.24) is 0 Å². The van der Waals surface area contributed by atoms with Crippen molar-refractivity contribution in [1.29, 1.82) is 5.26 Å². The molecular formula is C8H6F2N2. The molecule has 1 rings (SSSR count). The van der Waals surface area contributed by atoms with Gasteiger partial charge in [-0.1, -0.05) is 0 Å². The number of benzene rings is 1. The number of nitrogens with zero attached hydrogens (tertiary/aromatic N) is 1. The van der Waals surface area contributed by atoms with Crippen LogP contribution in [-0.2, 0) is 6.54 Å². The Balaban J connectivity index is 3.31. The average Bonchev–Trinajstić information content (AvgIpc) is 2.09. The minimum absolute atomic E-state index is 0.0892. The van der Waals surface area contributed by atoms with Gasteiger partial charge in [0.25, 0.3) is 0 Å².